The zero-order valence-electron chi connectivity index (χ0n) is 11.2. The third-order valence-electron chi connectivity index (χ3n) is 3.43. The van der Waals surface area contributed by atoms with Gasteiger partial charge >= 0.3 is 11.7 Å². The van der Waals surface area contributed by atoms with E-state index < -0.39 is 16.3 Å². The summed E-state index contributed by atoms with van der Waals surface area (Å²) in [7, 11) is 0. The molecular weight excluding hydrogens is 330 g/mol. The van der Waals surface area contributed by atoms with E-state index in [-0.39, 0.29) is 18.1 Å². The minimum absolute atomic E-state index is 0.0747. The summed E-state index contributed by atoms with van der Waals surface area (Å²) in [5.41, 5.74) is -1.14. The van der Waals surface area contributed by atoms with Crippen LogP contribution in [0.5, 0.6) is 0 Å². The first kappa shape index (κ1) is 16.4. The predicted molar refractivity (Wildman–Crippen MR) is 77.7 cm³/mol. The summed E-state index contributed by atoms with van der Waals surface area (Å²) >= 11 is 3.12. The Kier molecular flexibility index (Phi) is 5.43. The third-order valence-corrected chi connectivity index (χ3v) is 3.87. The smallest absolute Gasteiger partial charge is 0.312 e. The van der Waals surface area contributed by atoms with Crippen LogP contribution in [0.4, 0.5) is 11.5 Å². The molecule has 0 bridgehead atoms. The molecule has 0 aliphatic carbocycles. The normalized spacial score (nSPS) is 11.2. The average Bonchev–Trinajstić information content (AvgIpc) is 2.41. The number of hydrogen-bond acceptors (Lipinski definition) is 5. The number of halogens is 1. The number of carboxylic acid groups (broad SMARTS) is 1. The number of aromatic nitrogens is 1. The van der Waals surface area contributed by atoms with Gasteiger partial charge in [0.25, 0.3) is 0 Å². The molecule has 0 unspecified atom stereocenters. The summed E-state index contributed by atoms with van der Waals surface area (Å²) in [5.74, 6) is -0.847. The first-order valence-electron chi connectivity index (χ1n) is 6.13. The Hall–Kier alpha value is -1.70. The number of rotatable bonds is 7. The van der Waals surface area contributed by atoms with Crippen molar-refractivity contribution < 1.29 is 14.8 Å². The monoisotopic (exact) mass is 345 g/mol. The van der Waals surface area contributed by atoms with Crippen LogP contribution in [0.15, 0.2) is 16.7 Å². The van der Waals surface area contributed by atoms with E-state index in [1.807, 2.05) is 0 Å². The number of pyridine rings is 1. The maximum absolute atomic E-state index is 11.4. The second kappa shape index (κ2) is 6.65. The van der Waals surface area contributed by atoms with E-state index in [0.29, 0.717) is 17.3 Å². The summed E-state index contributed by atoms with van der Waals surface area (Å²) < 4.78 is 0.491. The number of hydrogen-bond donors (Lipinski definition) is 2. The number of nitrogens with one attached hydrogen (secondary N) is 1. The lowest BCUT2D eigenvalue weighted by Crippen LogP contribution is -2.37. The van der Waals surface area contributed by atoms with Crippen molar-refractivity contribution in [1.82, 2.24) is 4.98 Å². The molecule has 0 saturated carbocycles. The first-order valence-corrected chi connectivity index (χ1v) is 6.92. The molecule has 7 nitrogen and oxygen atoms in total. The molecule has 1 heterocycles. The minimum atomic E-state index is -0.956. The lowest BCUT2D eigenvalue weighted by atomic mass is 9.82. The summed E-state index contributed by atoms with van der Waals surface area (Å²) in [6.45, 7) is 3.65. The standard InChI is InChI=1S/C12H16BrN3O4/c1-3-12(4-2,11(17)18)7-15-10-9(16(19)20)5-8(13)6-14-10/h5-6H,3-4,7H2,1-2H3,(H,14,15)(H,17,18). The Morgan fingerprint density at radius 1 is 1.55 bits per heavy atom. The van der Waals surface area contributed by atoms with Gasteiger partial charge < -0.3 is 10.4 Å². The SMILES string of the molecule is CCC(CC)(CNc1ncc(Br)cc1[N+](=O)[O-])C(=O)O. The summed E-state index contributed by atoms with van der Waals surface area (Å²) in [6, 6.07) is 1.33. The zero-order valence-corrected chi connectivity index (χ0v) is 12.8. The Balaban J connectivity index is 2.99. The van der Waals surface area contributed by atoms with Gasteiger partial charge in [-0.05, 0) is 28.8 Å². The number of carbonyl (C=O) groups is 1. The molecule has 0 amide bonds. The molecule has 1 aromatic rings. The molecule has 0 atom stereocenters. The number of anilines is 1. The molecule has 1 aromatic heterocycles. The van der Waals surface area contributed by atoms with E-state index in [1.54, 1.807) is 13.8 Å². The average molecular weight is 346 g/mol. The van der Waals surface area contributed by atoms with Crippen molar-refractivity contribution in [2.45, 2.75) is 26.7 Å². The molecule has 0 saturated heterocycles. The van der Waals surface area contributed by atoms with Gasteiger partial charge in [-0.3, -0.25) is 14.9 Å². The Morgan fingerprint density at radius 3 is 2.60 bits per heavy atom. The fraction of sp³-hybridized carbons (Fsp3) is 0.500. The lowest BCUT2D eigenvalue weighted by molar-refractivity contribution is -0.384. The van der Waals surface area contributed by atoms with Crippen LogP contribution in [-0.2, 0) is 4.79 Å². The van der Waals surface area contributed by atoms with Gasteiger partial charge in [0, 0.05) is 23.3 Å². The maximum Gasteiger partial charge on any atom is 0.312 e. The number of nitro groups is 1. The van der Waals surface area contributed by atoms with Crippen LogP contribution >= 0.6 is 15.9 Å². The van der Waals surface area contributed by atoms with Gasteiger partial charge in [0.1, 0.15) is 0 Å². The van der Waals surface area contributed by atoms with E-state index in [2.05, 4.69) is 26.2 Å². The Bertz CT molecular complexity index is 517. The van der Waals surface area contributed by atoms with E-state index in [4.69, 9.17) is 0 Å². The van der Waals surface area contributed by atoms with Gasteiger partial charge in [-0.15, -0.1) is 0 Å². The van der Waals surface area contributed by atoms with Gasteiger partial charge in [-0.1, -0.05) is 13.8 Å². The van der Waals surface area contributed by atoms with Gasteiger partial charge in [-0.2, -0.15) is 0 Å². The van der Waals surface area contributed by atoms with E-state index in [9.17, 15) is 20.0 Å². The van der Waals surface area contributed by atoms with E-state index >= 15 is 0 Å². The Morgan fingerprint density at radius 2 is 2.15 bits per heavy atom. The fourth-order valence-electron chi connectivity index (χ4n) is 1.83. The molecule has 0 aromatic carbocycles. The molecule has 0 spiro atoms. The number of aliphatic carboxylic acids is 1. The molecule has 110 valence electrons. The van der Waals surface area contributed by atoms with Crippen LogP contribution in [0.1, 0.15) is 26.7 Å². The highest BCUT2D eigenvalue weighted by Gasteiger charge is 2.35. The van der Waals surface area contributed by atoms with Crippen molar-refractivity contribution in [2.24, 2.45) is 5.41 Å². The molecule has 8 heteroatoms. The van der Waals surface area contributed by atoms with E-state index in [1.165, 1.54) is 12.3 Å². The highest BCUT2D eigenvalue weighted by molar-refractivity contribution is 9.10. The van der Waals surface area contributed by atoms with Crippen molar-refractivity contribution in [2.75, 3.05) is 11.9 Å². The van der Waals surface area contributed by atoms with Crippen LogP contribution in [0.25, 0.3) is 0 Å². The largest absolute Gasteiger partial charge is 0.481 e. The first-order chi connectivity index (χ1) is 9.36. The van der Waals surface area contributed by atoms with Gasteiger partial charge in [0.2, 0.25) is 5.82 Å². The second-order valence-electron chi connectivity index (χ2n) is 4.42. The minimum Gasteiger partial charge on any atom is -0.481 e. The van der Waals surface area contributed by atoms with Gasteiger partial charge in [-0.25, -0.2) is 4.98 Å². The van der Waals surface area contributed by atoms with Crippen molar-refractivity contribution in [3.63, 3.8) is 0 Å². The molecule has 0 aliphatic rings. The van der Waals surface area contributed by atoms with Gasteiger partial charge in [0.05, 0.1) is 10.3 Å². The number of carboxylic acids is 1. The molecule has 20 heavy (non-hydrogen) atoms. The Labute approximate surface area is 124 Å². The highest BCUT2D eigenvalue weighted by atomic mass is 79.9. The van der Waals surface area contributed by atoms with Crippen LogP contribution < -0.4 is 5.32 Å². The van der Waals surface area contributed by atoms with Crippen molar-refractivity contribution in [3.05, 3.63) is 26.9 Å². The highest BCUT2D eigenvalue weighted by Crippen LogP contribution is 2.30. The van der Waals surface area contributed by atoms with Crippen molar-refractivity contribution in [3.8, 4) is 0 Å². The van der Waals surface area contributed by atoms with E-state index in [0.717, 1.165) is 0 Å². The molecular formula is C12H16BrN3O4. The molecule has 1 rings (SSSR count). The van der Waals surface area contributed by atoms with Gasteiger partial charge in [0.15, 0.2) is 0 Å². The van der Waals surface area contributed by atoms with Crippen LogP contribution in [0.2, 0.25) is 0 Å². The molecule has 0 radical (unpaired) electrons. The quantitative estimate of drug-likeness (QED) is 0.581. The summed E-state index contributed by atoms with van der Waals surface area (Å²) in [5, 5.41) is 23.1. The summed E-state index contributed by atoms with van der Waals surface area (Å²) in [6.07, 6.45) is 2.28. The van der Waals surface area contributed by atoms with Crippen LogP contribution in [0.3, 0.4) is 0 Å². The zero-order chi connectivity index (χ0) is 15.3. The van der Waals surface area contributed by atoms with Crippen molar-refractivity contribution >= 4 is 33.4 Å². The third kappa shape index (κ3) is 3.44. The fourth-order valence-corrected chi connectivity index (χ4v) is 2.15. The second-order valence-corrected chi connectivity index (χ2v) is 5.34. The molecule has 0 fully saturated rings. The van der Waals surface area contributed by atoms with Crippen LogP contribution in [-0.4, -0.2) is 27.5 Å². The molecule has 2 N–H and O–H groups in total. The topological polar surface area (TPSA) is 105 Å². The summed E-state index contributed by atoms with van der Waals surface area (Å²) in [4.78, 5) is 25.7. The number of nitrogens with zero attached hydrogens (tertiary/aromatic N) is 2. The van der Waals surface area contributed by atoms with Crippen molar-refractivity contribution in [1.29, 1.82) is 0 Å². The molecule has 0 aliphatic heterocycles. The van der Waals surface area contributed by atoms with Crippen LogP contribution in [0, 0.1) is 15.5 Å². The maximum atomic E-state index is 11.4. The lowest BCUT2D eigenvalue weighted by Gasteiger charge is -2.26. The predicted octanol–water partition coefficient (Wildman–Crippen LogP) is 3.06.